The molecular weight excluding hydrogens is 399 g/mol. The van der Waals surface area contributed by atoms with Gasteiger partial charge in [0.05, 0.1) is 6.61 Å². The van der Waals surface area contributed by atoms with Crippen LogP contribution in [0.4, 0.5) is 24.8 Å². The first-order valence-corrected chi connectivity index (χ1v) is 8.79. The number of nitrogens with zero attached hydrogens (tertiary/aromatic N) is 2. The Morgan fingerprint density at radius 3 is 2.48 bits per heavy atom. The van der Waals surface area contributed by atoms with Crippen molar-refractivity contribution in [2.75, 3.05) is 11.9 Å². The Hall–Kier alpha value is -1.83. The molecule has 2 aromatic rings. The van der Waals surface area contributed by atoms with Gasteiger partial charge in [0.15, 0.2) is 0 Å². The Balaban J connectivity index is 2.13. The number of ether oxygens (including phenoxy) is 1. The zero-order valence-corrected chi connectivity index (χ0v) is 15.3. The average Bonchev–Trinajstić information content (AvgIpc) is 2.56. The fraction of sp³-hybridized carbons (Fsp3) is 0.412. The molecule has 1 aromatic heterocycles. The van der Waals surface area contributed by atoms with Gasteiger partial charge in [-0.25, -0.2) is 4.98 Å². The van der Waals surface area contributed by atoms with Gasteiger partial charge in [-0.05, 0) is 30.7 Å². The van der Waals surface area contributed by atoms with Gasteiger partial charge in [0.25, 0.3) is 0 Å². The zero-order chi connectivity index (χ0) is 18.3. The van der Waals surface area contributed by atoms with Crippen molar-refractivity contribution < 1.29 is 17.9 Å². The van der Waals surface area contributed by atoms with Crippen LogP contribution in [0, 0.1) is 0 Å². The first-order valence-electron chi connectivity index (χ1n) is 7.99. The molecule has 1 aromatic carbocycles. The Labute approximate surface area is 153 Å². The van der Waals surface area contributed by atoms with Crippen LogP contribution in [-0.4, -0.2) is 16.6 Å². The molecule has 1 heterocycles. The largest absolute Gasteiger partial charge is 0.477 e. The summed E-state index contributed by atoms with van der Waals surface area (Å²) in [5.74, 6) is -0.391. The third-order valence-electron chi connectivity index (χ3n) is 3.40. The molecule has 0 fully saturated rings. The molecule has 136 valence electrons. The van der Waals surface area contributed by atoms with Crippen molar-refractivity contribution in [3.05, 3.63) is 40.5 Å². The molecule has 25 heavy (non-hydrogen) atoms. The van der Waals surface area contributed by atoms with Crippen LogP contribution in [0.1, 0.15) is 38.2 Å². The van der Waals surface area contributed by atoms with E-state index in [4.69, 9.17) is 4.74 Å². The summed E-state index contributed by atoms with van der Waals surface area (Å²) in [4.78, 5) is 7.65. The van der Waals surface area contributed by atoms with Crippen molar-refractivity contribution in [2.45, 2.75) is 38.8 Å². The molecule has 0 amide bonds. The highest BCUT2D eigenvalue weighted by Gasteiger charge is 2.36. The molecule has 1 N–H and O–H groups in total. The SMILES string of the molecule is CCCCCCOc1nc(Nc2ccc(Br)cc2)ncc1C(F)(F)F. The number of alkyl halides is 3. The van der Waals surface area contributed by atoms with Gasteiger partial charge in [0, 0.05) is 16.4 Å². The third-order valence-corrected chi connectivity index (χ3v) is 3.92. The van der Waals surface area contributed by atoms with Gasteiger partial charge in [-0.15, -0.1) is 0 Å². The Kier molecular flexibility index (Phi) is 7.04. The van der Waals surface area contributed by atoms with E-state index in [0.717, 1.165) is 29.9 Å². The highest BCUT2D eigenvalue weighted by molar-refractivity contribution is 9.10. The first-order chi connectivity index (χ1) is 11.9. The average molecular weight is 418 g/mol. The standard InChI is InChI=1S/C17H19BrF3N3O/c1-2-3-4-5-10-25-15-14(17(19,20)21)11-22-16(24-15)23-13-8-6-12(18)7-9-13/h6-9,11H,2-5,10H2,1H3,(H,22,23,24). The fourth-order valence-corrected chi connectivity index (χ4v) is 2.36. The maximum atomic E-state index is 13.1. The van der Waals surface area contributed by atoms with Gasteiger partial charge in [0.2, 0.25) is 11.8 Å². The van der Waals surface area contributed by atoms with Crippen LogP contribution in [0.25, 0.3) is 0 Å². The summed E-state index contributed by atoms with van der Waals surface area (Å²) in [6, 6.07) is 7.13. The van der Waals surface area contributed by atoms with Crippen molar-refractivity contribution in [3.8, 4) is 5.88 Å². The Bertz CT molecular complexity index is 678. The smallest absolute Gasteiger partial charge is 0.423 e. The van der Waals surface area contributed by atoms with Crippen LogP contribution in [0.3, 0.4) is 0 Å². The molecule has 0 spiro atoms. The second-order valence-corrected chi connectivity index (χ2v) is 6.37. The van der Waals surface area contributed by atoms with Crippen LogP contribution in [0.15, 0.2) is 34.9 Å². The van der Waals surface area contributed by atoms with E-state index in [-0.39, 0.29) is 12.6 Å². The number of aromatic nitrogens is 2. The van der Waals surface area contributed by atoms with Crippen LogP contribution in [-0.2, 0) is 6.18 Å². The number of rotatable bonds is 8. The number of hydrogen-bond acceptors (Lipinski definition) is 4. The number of nitrogens with one attached hydrogen (secondary N) is 1. The van der Waals surface area contributed by atoms with E-state index in [0.29, 0.717) is 12.1 Å². The topological polar surface area (TPSA) is 47.0 Å². The minimum atomic E-state index is -4.56. The molecule has 0 aliphatic rings. The molecule has 0 unspecified atom stereocenters. The van der Waals surface area contributed by atoms with Crippen molar-refractivity contribution in [1.29, 1.82) is 0 Å². The minimum Gasteiger partial charge on any atom is -0.477 e. The molecule has 0 radical (unpaired) electrons. The lowest BCUT2D eigenvalue weighted by molar-refractivity contribution is -0.139. The van der Waals surface area contributed by atoms with Crippen molar-refractivity contribution in [3.63, 3.8) is 0 Å². The van der Waals surface area contributed by atoms with E-state index in [9.17, 15) is 13.2 Å². The van der Waals surface area contributed by atoms with Gasteiger partial charge < -0.3 is 10.1 Å². The van der Waals surface area contributed by atoms with E-state index < -0.39 is 17.6 Å². The lowest BCUT2D eigenvalue weighted by Gasteiger charge is -2.14. The predicted molar refractivity (Wildman–Crippen MR) is 94.1 cm³/mol. The van der Waals surface area contributed by atoms with Crippen molar-refractivity contribution >= 4 is 27.6 Å². The van der Waals surface area contributed by atoms with Crippen LogP contribution >= 0.6 is 15.9 Å². The highest BCUT2D eigenvalue weighted by atomic mass is 79.9. The first kappa shape index (κ1) is 19.5. The molecule has 0 saturated carbocycles. The Morgan fingerprint density at radius 1 is 1.12 bits per heavy atom. The van der Waals surface area contributed by atoms with E-state index in [1.54, 1.807) is 24.3 Å². The summed E-state index contributed by atoms with van der Waals surface area (Å²) < 4.78 is 45.5. The van der Waals surface area contributed by atoms with Crippen LogP contribution in [0.5, 0.6) is 5.88 Å². The molecular formula is C17H19BrF3N3O. The minimum absolute atomic E-state index is 0.0545. The van der Waals surface area contributed by atoms with Crippen LogP contribution < -0.4 is 10.1 Å². The van der Waals surface area contributed by atoms with Gasteiger partial charge >= 0.3 is 6.18 Å². The molecule has 0 bridgehead atoms. The maximum absolute atomic E-state index is 13.1. The predicted octanol–water partition coefficient (Wildman–Crippen LogP) is 5.96. The highest BCUT2D eigenvalue weighted by Crippen LogP contribution is 2.35. The number of anilines is 2. The summed E-state index contributed by atoms with van der Waals surface area (Å²) >= 11 is 3.32. The lowest BCUT2D eigenvalue weighted by Crippen LogP contribution is -2.13. The molecule has 4 nitrogen and oxygen atoms in total. The molecule has 0 saturated heterocycles. The zero-order valence-electron chi connectivity index (χ0n) is 13.7. The summed E-state index contributed by atoms with van der Waals surface area (Å²) in [7, 11) is 0. The van der Waals surface area contributed by atoms with Gasteiger partial charge in [-0.2, -0.15) is 18.2 Å². The molecule has 2 rings (SSSR count). The number of halogens is 4. The number of unbranched alkanes of at least 4 members (excludes halogenated alkanes) is 3. The molecule has 0 aliphatic carbocycles. The monoisotopic (exact) mass is 417 g/mol. The molecule has 8 heteroatoms. The summed E-state index contributed by atoms with van der Waals surface area (Å²) in [5, 5.41) is 2.87. The summed E-state index contributed by atoms with van der Waals surface area (Å²) in [5.41, 5.74) is -0.304. The summed E-state index contributed by atoms with van der Waals surface area (Å²) in [6.07, 6.45) is -0.153. The third kappa shape index (κ3) is 6.19. The normalized spacial score (nSPS) is 11.4. The molecule has 0 aliphatic heterocycles. The summed E-state index contributed by atoms with van der Waals surface area (Å²) in [6.45, 7) is 2.25. The van der Waals surface area contributed by atoms with E-state index in [1.807, 2.05) is 0 Å². The maximum Gasteiger partial charge on any atom is 0.423 e. The van der Waals surface area contributed by atoms with Gasteiger partial charge in [0.1, 0.15) is 5.56 Å². The second-order valence-electron chi connectivity index (χ2n) is 5.45. The van der Waals surface area contributed by atoms with Gasteiger partial charge in [-0.3, -0.25) is 0 Å². The van der Waals surface area contributed by atoms with E-state index in [1.165, 1.54) is 0 Å². The quantitative estimate of drug-likeness (QED) is 0.538. The fourth-order valence-electron chi connectivity index (χ4n) is 2.09. The van der Waals surface area contributed by atoms with Crippen LogP contribution in [0.2, 0.25) is 0 Å². The molecule has 0 atom stereocenters. The van der Waals surface area contributed by atoms with Crippen molar-refractivity contribution in [1.82, 2.24) is 9.97 Å². The van der Waals surface area contributed by atoms with Gasteiger partial charge in [-0.1, -0.05) is 42.1 Å². The van der Waals surface area contributed by atoms with E-state index in [2.05, 4.69) is 38.1 Å². The number of benzene rings is 1. The number of hydrogen-bond donors (Lipinski definition) is 1. The lowest BCUT2D eigenvalue weighted by atomic mass is 10.2. The Morgan fingerprint density at radius 2 is 1.84 bits per heavy atom. The van der Waals surface area contributed by atoms with E-state index >= 15 is 0 Å². The van der Waals surface area contributed by atoms with Crippen molar-refractivity contribution in [2.24, 2.45) is 0 Å². The second kappa shape index (κ2) is 9.03.